The highest BCUT2D eigenvalue weighted by molar-refractivity contribution is 9.58. The van der Waals surface area contributed by atoms with Crippen LogP contribution in [0.3, 0.4) is 0 Å². The van der Waals surface area contributed by atoms with Gasteiger partial charge in [-0.05, 0) is 71.1 Å². The van der Waals surface area contributed by atoms with E-state index in [4.69, 9.17) is 18.7 Å². The number of aryl methyl sites for hydroxylation is 3. The van der Waals surface area contributed by atoms with Crippen LogP contribution < -0.4 is 14.2 Å². The molecule has 0 radical (unpaired) electrons. The summed E-state index contributed by atoms with van der Waals surface area (Å²) in [4.78, 5) is 0. The molecule has 0 aromatic heterocycles. The second-order valence-corrected chi connectivity index (χ2v) is 19.5. The summed E-state index contributed by atoms with van der Waals surface area (Å²) >= 11 is 7.57. The van der Waals surface area contributed by atoms with E-state index in [0.717, 1.165) is 33.9 Å². The van der Waals surface area contributed by atoms with Gasteiger partial charge in [-0.15, -0.1) is 0 Å². The van der Waals surface area contributed by atoms with Crippen molar-refractivity contribution in [2.45, 2.75) is 27.1 Å². The lowest BCUT2D eigenvalue weighted by molar-refractivity contribution is 0.0249. The molecule has 0 saturated heterocycles. The lowest BCUT2D eigenvalue weighted by Crippen LogP contribution is -2.27. The monoisotopic (exact) mass is 612 g/mol. The van der Waals surface area contributed by atoms with Crippen molar-refractivity contribution < 1.29 is 18.7 Å². The summed E-state index contributed by atoms with van der Waals surface area (Å²) in [5.74, 6) is 2.52. The van der Waals surface area contributed by atoms with Crippen LogP contribution in [-0.2, 0) is 4.52 Å². The van der Waals surface area contributed by atoms with Crippen molar-refractivity contribution in [1.29, 1.82) is 0 Å². The highest BCUT2D eigenvalue weighted by Crippen LogP contribution is 2.78. The molecule has 0 aliphatic carbocycles. The Labute approximate surface area is 214 Å². The van der Waals surface area contributed by atoms with Gasteiger partial charge in [0.15, 0.2) is 0 Å². The van der Waals surface area contributed by atoms with E-state index in [9.17, 15) is 0 Å². The van der Waals surface area contributed by atoms with E-state index < -0.39 is 19.1 Å². The minimum absolute atomic E-state index is 0.452. The molecular weight excluding hydrogens is 586 g/mol. The first-order valence-corrected chi connectivity index (χ1v) is 18.1. The number of rotatable bonds is 12. The summed E-state index contributed by atoms with van der Waals surface area (Å²) in [7, 11) is 0. The third-order valence-corrected chi connectivity index (χ3v) is 19.4. The van der Waals surface area contributed by atoms with Gasteiger partial charge >= 0.3 is 0 Å². The maximum atomic E-state index is 6.29. The van der Waals surface area contributed by atoms with E-state index in [-0.39, 0.29) is 0 Å². The summed E-state index contributed by atoms with van der Waals surface area (Å²) < 4.78 is 24.5. The van der Waals surface area contributed by atoms with Gasteiger partial charge in [0.25, 0.3) is 0 Å². The van der Waals surface area contributed by atoms with Gasteiger partial charge in [0.2, 0.25) is 6.29 Å². The van der Waals surface area contributed by atoms with E-state index in [0.29, 0.717) is 19.4 Å². The standard InChI is InChI=1S/C25H28Br2O4P2/c1-19-10-4-7-13-22(19)28-16-17-29-33(27)32(26)18-25(30-23-14-8-5-11-20(23)2)31-24-15-9-6-12-21(24)3/h4-15,25H,16-18H2,1-3H3. The normalized spacial score (nSPS) is 12.9. The van der Waals surface area contributed by atoms with Crippen LogP contribution in [0.1, 0.15) is 16.7 Å². The van der Waals surface area contributed by atoms with Crippen molar-refractivity contribution in [3.8, 4) is 17.2 Å². The van der Waals surface area contributed by atoms with Gasteiger partial charge in [-0.3, -0.25) is 0 Å². The van der Waals surface area contributed by atoms with Gasteiger partial charge in [0.05, 0.1) is 12.8 Å². The summed E-state index contributed by atoms with van der Waals surface area (Å²) in [6, 6.07) is 23.9. The van der Waals surface area contributed by atoms with Gasteiger partial charge < -0.3 is 18.7 Å². The minimum Gasteiger partial charge on any atom is -0.491 e. The highest BCUT2D eigenvalue weighted by Gasteiger charge is 2.25. The maximum absolute atomic E-state index is 6.29. The summed E-state index contributed by atoms with van der Waals surface area (Å²) in [6.45, 7) is 6.22. The molecule has 2 unspecified atom stereocenters. The highest BCUT2D eigenvalue weighted by atomic mass is 79.9. The SMILES string of the molecule is Cc1ccccc1OCCOP(Br)P(Br)CC(Oc1ccccc1C)Oc1ccccc1C. The van der Waals surface area contributed by atoms with Gasteiger partial charge in [0, 0.05) is 6.31 Å². The molecule has 0 heterocycles. The molecule has 0 N–H and O–H groups in total. The third kappa shape index (κ3) is 8.53. The molecule has 0 aliphatic heterocycles. The number of hydrogen-bond acceptors (Lipinski definition) is 4. The molecule has 0 amide bonds. The second kappa shape index (κ2) is 13.7. The Kier molecular flexibility index (Phi) is 10.9. The fraction of sp³-hybridized carbons (Fsp3) is 0.280. The van der Waals surface area contributed by atoms with Crippen LogP contribution in [-0.4, -0.2) is 25.7 Å². The summed E-state index contributed by atoms with van der Waals surface area (Å²) in [5, 5.41) is 0. The second-order valence-electron chi connectivity index (χ2n) is 7.39. The molecule has 3 aromatic carbocycles. The Bertz CT molecular complexity index is 973. The average Bonchev–Trinajstić information content (AvgIpc) is 2.80. The van der Waals surface area contributed by atoms with Gasteiger partial charge in [-0.1, -0.05) is 70.1 Å². The molecule has 3 aromatic rings. The lowest BCUT2D eigenvalue weighted by Gasteiger charge is -2.26. The first-order valence-electron chi connectivity index (χ1n) is 10.6. The van der Waals surface area contributed by atoms with Gasteiger partial charge in [-0.2, -0.15) is 0 Å². The van der Waals surface area contributed by atoms with Gasteiger partial charge in [-0.25, -0.2) is 0 Å². The zero-order chi connectivity index (χ0) is 23.6. The Morgan fingerprint density at radius 3 is 1.61 bits per heavy atom. The molecule has 0 saturated carbocycles. The van der Waals surface area contributed by atoms with E-state index in [2.05, 4.69) is 31.0 Å². The van der Waals surface area contributed by atoms with Crippen LogP contribution in [0, 0.1) is 20.8 Å². The van der Waals surface area contributed by atoms with Crippen molar-refractivity contribution in [2.75, 3.05) is 19.4 Å². The summed E-state index contributed by atoms with van der Waals surface area (Å²) in [5.41, 5.74) is 3.26. The van der Waals surface area contributed by atoms with Crippen LogP contribution in [0.4, 0.5) is 0 Å². The molecule has 0 spiro atoms. The maximum Gasteiger partial charge on any atom is 0.246 e. The molecule has 0 aliphatic rings. The third-order valence-electron chi connectivity index (χ3n) is 4.81. The van der Waals surface area contributed by atoms with Crippen molar-refractivity contribution >= 4 is 43.8 Å². The lowest BCUT2D eigenvalue weighted by atomic mass is 10.2. The van der Waals surface area contributed by atoms with Crippen LogP contribution >= 0.6 is 43.8 Å². The number of para-hydroxylation sites is 3. The van der Waals surface area contributed by atoms with Crippen LogP contribution in [0.5, 0.6) is 17.2 Å². The van der Waals surface area contributed by atoms with E-state index in [1.54, 1.807) is 0 Å². The molecule has 33 heavy (non-hydrogen) atoms. The summed E-state index contributed by atoms with van der Waals surface area (Å²) in [6.07, 6.45) is -0.495. The average molecular weight is 614 g/mol. The molecule has 176 valence electrons. The quantitative estimate of drug-likeness (QED) is 0.116. The Balaban J connectivity index is 1.57. The number of benzene rings is 3. The Morgan fingerprint density at radius 2 is 1.12 bits per heavy atom. The van der Waals surface area contributed by atoms with E-state index in [1.807, 2.05) is 93.6 Å². The molecule has 0 bridgehead atoms. The number of halogens is 2. The molecule has 8 heteroatoms. The minimum atomic E-state index is -0.873. The number of ether oxygens (including phenoxy) is 3. The van der Waals surface area contributed by atoms with Crippen LogP contribution in [0.15, 0.2) is 72.8 Å². The zero-order valence-electron chi connectivity index (χ0n) is 18.9. The molecule has 0 fully saturated rings. The van der Waals surface area contributed by atoms with E-state index >= 15 is 0 Å². The fourth-order valence-corrected chi connectivity index (χ4v) is 8.40. The molecular formula is C25H28Br2O4P2. The van der Waals surface area contributed by atoms with Crippen LogP contribution in [0.25, 0.3) is 0 Å². The Hall–Kier alpha value is -1.16. The smallest absolute Gasteiger partial charge is 0.246 e. The predicted molar refractivity (Wildman–Crippen MR) is 147 cm³/mol. The predicted octanol–water partition coefficient (Wildman–Crippen LogP) is 8.90. The van der Waals surface area contributed by atoms with E-state index in [1.165, 1.54) is 0 Å². The topological polar surface area (TPSA) is 36.9 Å². The van der Waals surface area contributed by atoms with Gasteiger partial charge in [0.1, 0.15) is 30.4 Å². The first kappa shape index (κ1) is 26.4. The number of hydrogen-bond donors (Lipinski definition) is 0. The van der Waals surface area contributed by atoms with Crippen molar-refractivity contribution in [1.82, 2.24) is 0 Å². The van der Waals surface area contributed by atoms with Crippen molar-refractivity contribution in [3.63, 3.8) is 0 Å². The van der Waals surface area contributed by atoms with Crippen LogP contribution in [0.2, 0.25) is 0 Å². The first-order chi connectivity index (χ1) is 15.9. The molecule has 3 rings (SSSR count). The molecule has 2 atom stereocenters. The Morgan fingerprint density at radius 1 is 0.667 bits per heavy atom. The molecule has 4 nitrogen and oxygen atoms in total. The van der Waals surface area contributed by atoms with Crippen molar-refractivity contribution in [2.24, 2.45) is 0 Å². The zero-order valence-corrected chi connectivity index (χ0v) is 23.9. The van der Waals surface area contributed by atoms with Crippen molar-refractivity contribution in [3.05, 3.63) is 89.5 Å². The fourth-order valence-electron chi connectivity index (χ4n) is 2.99. The largest absolute Gasteiger partial charge is 0.491 e.